The summed E-state index contributed by atoms with van der Waals surface area (Å²) in [6.45, 7) is 0. The first-order valence-corrected chi connectivity index (χ1v) is 5.87. The molecule has 0 N–H and O–H groups in total. The van der Waals surface area contributed by atoms with Gasteiger partial charge in [0.25, 0.3) is 5.24 Å². The molecule has 0 aliphatic carbocycles. The molecular weight excluding hydrogens is 348 g/mol. The van der Waals surface area contributed by atoms with E-state index in [4.69, 9.17) is 23.2 Å². The molecule has 1 aromatic carbocycles. The maximum Gasteiger partial charge on any atom is 0.255 e. The normalized spacial score (nSPS) is 10.6. The molecule has 0 spiro atoms. The molecule has 2 nitrogen and oxygen atoms in total. The third kappa shape index (κ3) is 1.96. The van der Waals surface area contributed by atoms with E-state index in [-0.39, 0.29) is 5.56 Å². The Morgan fingerprint density at radius 1 is 1.40 bits per heavy atom. The molecule has 0 atom stereocenters. The Kier molecular flexibility index (Phi) is 3.13. The van der Waals surface area contributed by atoms with Crippen LogP contribution in [0.25, 0.3) is 10.9 Å². The molecule has 0 fully saturated rings. The SMILES string of the molecule is O=C(Cl)c1cnc2c(I)cccc2c1Cl. The first-order chi connectivity index (χ1) is 7.11. The lowest BCUT2D eigenvalue weighted by atomic mass is 10.2. The highest BCUT2D eigenvalue weighted by molar-refractivity contribution is 14.1. The van der Waals surface area contributed by atoms with E-state index in [2.05, 4.69) is 27.6 Å². The zero-order chi connectivity index (χ0) is 11.0. The van der Waals surface area contributed by atoms with E-state index < -0.39 is 5.24 Å². The van der Waals surface area contributed by atoms with Gasteiger partial charge in [-0.3, -0.25) is 9.78 Å². The van der Waals surface area contributed by atoms with E-state index in [0.29, 0.717) is 5.02 Å². The summed E-state index contributed by atoms with van der Waals surface area (Å²) in [5.74, 6) is 0. The highest BCUT2D eigenvalue weighted by Crippen LogP contribution is 2.28. The topological polar surface area (TPSA) is 30.0 Å². The molecule has 0 amide bonds. The van der Waals surface area contributed by atoms with E-state index in [9.17, 15) is 4.79 Å². The predicted molar refractivity (Wildman–Crippen MR) is 69.7 cm³/mol. The molecule has 15 heavy (non-hydrogen) atoms. The van der Waals surface area contributed by atoms with E-state index in [1.54, 1.807) is 0 Å². The first kappa shape index (κ1) is 11.1. The van der Waals surface area contributed by atoms with Crippen LogP contribution in [0, 0.1) is 3.57 Å². The molecule has 2 rings (SSSR count). The molecular formula is C10H4Cl2INO. The summed E-state index contributed by atoms with van der Waals surface area (Å²) >= 11 is 13.6. The van der Waals surface area contributed by atoms with Crippen LogP contribution in [0.15, 0.2) is 24.4 Å². The van der Waals surface area contributed by atoms with Crippen molar-refractivity contribution in [2.75, 3.05) is 0 Å². The highest BCUT2D eigenvalue weighted by Gasteiger charge is 2.12. The third-order valence-corrected chi connectivity index (χ3v) is 3.48. The molecule has 0 bridgehead atoms. The zero-order valence-electron chi connectivity index (χ0n) is 7.30. The summed E-state index contributed by atoms with van der Waals surface area (Å²) in [4.78, 5) is 15.2. The van der Waals surface area contributed by atoms with Crippen molar-refractivity contribution in [3.05, 3.63) is 38.6 Å². The number of halogens is 3. The summed E-state index contributed by atoms with van der Waals surface area (Å²) in [5, 5.41) is 0.516. The lowest BCUT2D eigenvalue weighted by Gasteiger charge is -2.04. The highest BCUT2D eigenvalue weighted by atomic mass is 127. The monoisotopic (exact) mass is 351 g/mol. The Balaban J connectivity index is 2.86. The molecule has 0 radical (unpaired) electrons. The van der Waals surface area contributed by atoms with Crippen LogP contribution in [0.3, 0.4) is 0 Å². The Morgan fingerprint density at radius 2 is 2.13 bits per heavy atom. The van der Waals surface area contributed by atoms with E-state index in [1.807, 2.05) is 18.2 Å². The second-order valence-corrected chi connectivity index (χ2v) is 4.78. The van der Waals surface area contributed by atoms with Gasteiger partial charge in [-0.25, -0.2) is 0 Å². The lowest BCUT2D eigenvalue weighted by Crippen LogP contribution is -1.94. The second kappa shape index (κ2) is 4.23. The fourth-order valence-corrected chi connectivity index (χ4v) is 2.41. The molecule has 1 heterocycles. The number of para-hydroxylation sites is 1. The van der Waals surface area contributed by atoms with Gasteiger partial charge in [0.2, 0.25) is 0 Å². The van der Waals surface area contributed by atoms with Gasteiger partial charge < -0.3 is 0 Å². The molecule has 76 valence electrons. The fourth-order valence-electron chi connectivity index (χ4n) is 1.29. The largest absolute Gasteiger partial charge is 0.275 e. The lowest BCUT2D eigenvalue weighted by molar-refractivity contribution is 0.108. The molecule has 5 heteroatoms. The van der Waals surface area contributed by atoms with Gasteiger partial charge in [0.15, 0.2) is 0 Å². The molecule has 0 aliphatic heterocycles. The van der Waals surface area contributed by atoms with Crippen LogP contribution < -0.4 is 0 Å². The number of rotatable bonds is 1. The minimum atomic E-state index is -0.590. The van der Waals surface area contributed by atoms with Crippen molar-refractivity contribution in [3.8, 4) is 0 Å². The fraction of sp³-hybridized carbons (Fsp3) is 0. The van der Waals surface area contributed by atoms with Gasteiger partial charge in [0.05, 0.1) is 16.1 Å². The molecule has 0 saturated heterocycles. The van der Waals surface area contributed by atoms with E-state index in [0.717, 1.165) is 14.5 Å². The van der Waals surface area contributed by atoms with Crippen LogP contribution in [0.5, 0.6) is 0 Å². The van der Waals surface area contributed by atoms with Crippen LogP contribution in [-0.4, -0.2) is 10.2 Å². The number of aromatic nitrogens is 1. The summed E-state index contributed by atoms with van der Waals surface area (Å²) in [5.41, 5.74) is 1.03. The third-order valence-electron chi connectivity index (χ3n) is 1.99. The average Bonchev–Trinajstić information content (AvgIpc) is 2.19. The van der Waals surface area contributed by atoms with Crippen LogP contribution in [0.2, 0.25) is 5.02 Å². The number of benzene rings is 1. The number of fused-ring (bicyclic) bond motifs is 1. The summed E-state index contributed by atoms with van der Waals surface area (Å²) < 4.78 is 0.987. The van der Waals surface area contributed by atoms with Crippen LogP contribution in [0.4, 0.5) is 0 Å². The van der Waals surface area contributed by atoms with E-state index >= 15 is 0 Å². The smallest absolute Gasteiger partial charge is 0.255 e. The summed E-state index contributed by atoms with van der Waals surface area (Å²) in [6, 6.07) is 5.60. The zero-order valence-corrected chi connectivity index (χ0v) is 11.0. The van der Waals surface area contributed by atoms with Gasteiger partial charge >= 0.3 is 0 Å². The van der Waals surface area contributed by atoms with Crippen molar-refractivity contribution < 1.29 is 4.79 Å². The predicted octanol–water partition coefficient (Wildman–Crippen LogP) is 3.87. The van der Waals surface area contributed by atoms with Crippen molar-refractivity contribution >= 4 is 61.9 Å². The number of carbonyl (C=O) groups is 1. The van der Waals surface area contributed by atoms with Gasteiger partial charge in [0, 0.05) is 15.2 Å². The summed E-state index contributed by atoms with van der Waals surface area (Å²) in [7, 11) is 0. The van der Waals surface area contributed by atoms with Gasteiger partial charge in [0.1, 0.15) is 0 Å². The molecule has 0 aliphatic rings. The van der Waals surface area contributed by atoms with Crippen LogP contribution in [0.1, 0.15) is 10.4 Å². The van der Waals surface area contributed by atoms with Crippen molar-refractivity contribution in [2.24, 2.45) is 0 Å². The Bertz CT molecular complexity index is 556. The minimum Gasteiger partial charge on any atom is -0.275 e. The van der Waals surface area contributed by atoms with Crippen molar-refractivity contribution in [3.63, 3.8) is 0 Å². The van der Waals surface area contributed by atoms with Crippen LogP contribution in [-0.2, 0) is 0 Å². The first-order valence-electron chi connectivity index (χ1n) is 4.04. The van der Waals surface area contributed by atoms with Crippen molar-refractivity contribution in [2.45, 2.75) is 0 Å². The molecule has 0 unspecified atom stereocenters. The number of carbonyl (C=O) groups excluding carboxylic acids is 1. The Hall–Kier alpha value is -0.390. The number of nitrogens with zero attached hydrogens (tertiary/aromatic N) is 1. The Morgan fingerprint density at radius 3 is 2.80 bits per heavy atom. The second-order valence-electron chi connectivity index (χ2n) is 2.90. The van der Waals surface area contributed by atoms with Gasteiger partial charge in [-0.15, -0.1) is 0 Å². The maximum absolute atomic E-state index is 11.0. The molecule has 1 aromatic heterocycles. The number of hydrogen-bond acceptors (Lipinski definition) is 2. The van der Waals surface area contributed by atoms with Crippen LogP contribution >= 0.6 is 45.8 Å². The van der Waals surface area contributed by atoms with Gasteiger partial charge in [-0.2, -0.15) is 0 Å². The molecule has 0 saturated carbocycles. The number of pyridine rings is 1. The molecule has 2 aromatic rings. The maximum atomic E-state index is 11.0. The van der Waals surface area contributed by atoms with E-state index in [1.165, 1.54) is 6.20 Å². The quantitative estimate of drug-likeness (QED) is 0.576. The van der Waals surface area contributed by atoms with Crippen molar-refractivity contribution in [1.29, 1.82) is 0 Å². The Labute approximate surface area is 110 Å². The number of hydrogen-bond donors (Lipinski definition) is 0. The summed E-state index contributed by atoms with van der Waals surface area (Å²) in [6.07, 6.45) is 1.40. The van der Waals surface area contributed by atoms with Gasteiger partial charge in [-0.05, 0) is 40.3 Å². The van der Waals surface area contributed by atoms with Crippen molar-refractivity contribution in [1.82, 2.24) is 4.98 Å². The van der Waals surface area contributed by atoms with Gasteiger partial charge in [-0.1, -0.05) is 23.7 Å². The average molecular weight is 352 g/mol. The minimum absolute atomic E-state index is 0.243. The standard InChI is InChI=1S/C10H4Cl2INO/c11-8-5-2-1-3-7(13)9(5)14-4-6(8)10(12)15/h1-4H.